The first kappa shape index (κ1) is 11.1. The van der Waals surface area contributed by atoms with Gasteiger partial charge in [0.15, 0.2) is 0 Å². The van der Waals surface area contributed by atoms with Crippen LogP contribution < -0.4 is 0 Å². The predicted molar refractivity (Wildman–Crippen MR) is 61.3 cm³/mol. The number of hydrogen-bond acceptors (Lipinski definition) is 0. The molecule has 84 valence electrons. The minimum atomic E-state index is -0.462. The second-order valence-electron chi connectivity index (χ2n) is 4.21. The van der Waals surface area contributed by atoms with Crippen LogP contribution in [-0.4, -0.2) is 0 Å². The molecule has 1 aliphatic carbocycles. The second kappa shape index (κ2) is 4.60. The minimum absolute atomic E-state index is 0.0904. The van der Waals surface area contributed by atoms with Gasteiger partial charge in [0.1, 0.15) is 11.7 Å². The fourth-order valence-corrected chi connectivity index (χ4v) is 2.07. The van der Waals surface area contributed by atoms with E-state index in [-0.39, 0.29) is 17.7 Å². The highest BCUT2D eigenvalue weighted by Gasteiger charge is 2.22. The number of hydrogen-bond donors (Lipinski definition) is 0. The van der Waals surface area contributed by atoms with Gasteiger partial charge in [-0.3, -0.25) is 0 Å². The van der Waals surface area contributed by atoms with Gasteiger partial charge >= 0.3 is 0 Å². The Balaban J connectivity index is 2.18. The topological polar surface area (TPSA) is 0 Å². The Morgan fingerprint density at radius 2 is 1.88 bits per heavy atom. The highest BCUT2D eigenvalue weighted by Crippen LogP contribution is 2.34. The molecule has 0 radical (unpaired) electrons. The first-order valence-corrected chi connectivity index (χ1v) is 5.45. The van der Waals surface area contributed by atoms with E-state index in [1.54, 1.807) is 0 Å². The van der Waals surface area contributed by atoms with Crippen LogP contribution in [0.3, 0.4) is 0 Å². The maximum absolute atomic E-state index is 13.1. The van der Waals surface area contributed by atoms with Crippen LogP contribution in [0.1, 0.15) is 24.8 Å². The summed E-state index contributed by atoms with van der Waals surface area (Å²) in [5.74, 6) is -0.789. The molecule has 0 saturated carbocycles. The van der Waals surface area contributed by atoms with Crippen molar-refractivity contribution in [3.63, 3.8) is 0 Å². The molecule has 0 heterocycles. The van der Waals surface area contributed by atoms with Gasteiger partial charge in [-0.1, -0.05) is 37.3 Å². The summed E-state index contributed by atoms with van der Waals surface area (Å²) in [6.07, 6.45) is 2.78. The van der Waals surface area contributed by atoms with Gasteiger partial charge in [0.25, 0.3) is 0 Å². The van der Waals surface area contributed by atoms with E-state index in [4.69, 9.17) is 0 Å². The smallest absolute Gasteiger partial charge is 0.122 e. The van der Waals surface area contributed by atoms with Crippen LogP contribution in [0.5, 0.6) is 0 Å². The number of benzene rings is 1. The van der Waals surface area contributed by atoms with Crippen LogP contribution in [0.25, 0.3) is 0 Å². The number of rotatable bonds is 2. The van der Waals surface area contributed by atoms with Crippen molar-refractivity contribution in [1.29, 1.82) is 0 Å². The summed E-state index contributed by atoms with van der Waals surface area (Å²) in [5, 5.41) is 0. The number of halogens is 2. The summed E-state index contributed by atoms with van der Waals surface area (Å²) in [6, 6.07) is 9.81. The molecule has 2 atom stereocenters. The zero-order valence-corrected chi connectivity index (χ0v) is 9.16. The van der Waals surface area contributed by atoms with E-state index in [9.17, 15) is 8.78 Å². The fraction of sp³-hybridized carbons (Fsp3) is 0.286. The number of allylic oxidation sites excluding steroid dienone is 4. The van der Waals surface area contributed by atoms with Crippen molar-refractivity contribution in [2.75, 3.05) is 0 Å². The quantitative estimate of drug-likeness (QED) is 0.687. The van der Waals surface area contributed by atoms with Crippen LogP contribution in [0.2, 0.25) is 0 Å². The van der Waals surface area contributed by atoms with E-state index < -0.39 is 5.83 Å². The highest BCUT2D eigenvalue weighted by molar-refractivity contribution is 5.27. The molecule has 2 heteroatoms. The lowest BCUT2D eigenvalue weighted by Crippen LogP contribution is -2.10. The zero-order chi connectivity index (χ0) is 11.5. The third-order valence-electron chi connectivity index (χ3n) is 3.07. The first-order valence-electron chi connectivity index (χ1n) is 5.45. The van der Waals surface area contributed by atoms with Gasteiger partial charge in [-0.05, 0) is 23.5 Å². The van der Waals surface area contributed by atoms with Crippen molar-refractivity contribution in [3.05, 3.63) is 59.7 Å². The van der Waals surface area contributed by atoms with Gasteiger partial charge in [0, 0.05) is 12.5 Å². The minimum Gasteiger partial charge on any atom is -0.212 e. The lowest BCUT2D eigenvalue weighted by atomic mass is 9.83. The van der Waals surface area contributed by atoms with Crippen molar-refractivity contribution in [1.82, 2.24) is 0 Å². The Morgan fingerprint density at radius 3 is 2.50 bits per heavy atom. The third kappa shape index (κ3) is 2.38. The standard InChI is InChI=1S/C14H14F2/c1-10(11-5-3-2-4-6-11)12-7-13(15)9-14(16)8-12/h2-7,9-10,12H,8H2,1H3/t10-,12+/m0/s1. The molecule has 0 aliphatic heterocycles. The maximum atomic E-state index is 13.1. The molecule has 1 aliphatic rings. The average Bonchev–Trinajstić information content (AvgIpc) is 2.28. The molecule has 0 fully saturated rings. The zero-order valence-electron chi connectivity index (χ0n) is 9.16. The van der Waals surface area contributed by atoms with Crippen LogP contribution in [0.15, 0.2) is 54.1 Å². The molecular formula is C14H14F2. The van der Waals surface area contributed by atoms with Gasteiger partial charge in [0.05, 0.1) is 0 Å². The van der Waals surface area contributed by atoms with Crippen molar-refractivity contribution in [2.45, 2.75) is 19.3 Å². The largest absolute Gasteiger partial charge is 0.212 e. The van der Waals surface area contributed by atoms with E-state index in [1.165, 1.54) is 6.08 Å². The average molecular weight is 220 g/mol. The lowest BCUT2D eigenvalue weighted by Gasteiger charge is -2.22. The Bertz CT molecular complexity index is 418. The summed E-state index contributed by atoms with van der Waals surface area (Å²) in [6.45, 7) is 2.00. The molecule has 0 N–H and O–H groups in total. The van der Waals surface area contributed by atoms with Crippen LogP contribution in [0.4, 0.5) is 8.78 Å². The molecule has 0 aromatic heterocycles. The molecule has 0 spiro atoms. The SMILES string of the molecule is C[C@@H](c1ccccc1)[C@@H]1C=C(F)C=C(F)C1. The molecule has 1 aromatic carbocycles. The van der Waals surface area contributed by atoms with Gasteiger partial charge in [0.2, 0.25) is 0 Å². The summed E-state index contributed by atoms with van der Waals surface area (Å²) in [5.41, 5.74) is 1.12. The van der Waals surface area contributed by atoms with Crippen molar-refractivity contribution in [3.8, 4) is 0 Å². The van der Waals surface area contributed by atoms with E-state index in [0.717, 1.165) is 11.6 Å². The molecule has 0 unspecified atom stereocenters. The summed E-state index contributed by atoms with van der Waals surface area (Å²) in [4.78, 5) is 0. The lowest BCUT2D eigenvalue weighted by molar-refractivity contribution is 0.446. The molecular weight excluding hydrogens is 206 g/mol. The monoisotopic (exact) mass is 220 g/mol. The Morgan fingerprint density at radius 1 is 1.19 bits per heavy atom. The van der Waals surface area contributed by atoms with Gasteiger partial charge in [-0.25, -0.2) is 8.78 Å². The fourth-order valence-electron chi connectivity index (χ4n) is 2.07. The van der Waals surface area contributed by atoms with Crippen LogP contribution >= 0.6 is 0 Å². The second-order valence-corrected chi connectivity index (χ2v) is 4.21. The van der Waals surface area contributed by atoms with Gasteiger partial charge in [-0.2, -0.15) is 0 Å². The predicted octanol–water partition coefficient (Wildman–Crippen LogP) is 4.52. The van der Waals surface area contributed by atoms with E-state index in [0.29, 0.717) is 6.42 Å². The molecule has 16 heavy (non-hydrogen) atoms. The van der Waals surface area contributed by atoms with E-state index in [1.807, 2.05) is 37.3 Å². The first-order chi connectivity index (χ1) is 7.66. The molecule has 0 bridgehead atoms. The molecule has 0 nitrogen and oxygen atoms in total. The molecule has 0 saturated heterocycles. The Kier molecular flexibility index (Phi) is 3.18. The molecule has 0 amide bonds. The maximum Gasteiger partial charge on any atom is 0.122 e. The van der Waals surface area contributed by atoms with E-state index >= 15 is 0 Å². The van der Waals surface area contributed by atoms with E-state index in [2.05, 4.69) is 0 Å². The Hall–Kier alpha value is -1.44. The van der Waals surface area contributed by atoms with Crippen molar-refractivity contribution < 1.29 is 8.78 Å². The summed E-state index contributed by atoms with van der Waals surface area (Å²) < 4.78 is 26.2. The highest BCUT2D eigenvalue weighted by atomic mass is 19.1. The van der Waals surface area contributed by atoms with Gasteiger partial charge in [-0.15, -0.1) is 0 Å². The van der Waals surface area contributed by atoms with Crippen LogP contribution in [0, 0.1) is 5.92 Å². The summed E-state index contributed by atoms with van der Waals surface area (Å²) in [7, 11) is 0. The van der Waals surface area contributed by atoms with Crippen molar-refractivity contribution >= 4 is 0 Å². The molecule has 2 rings (SSSR count). The summed E-state index contributed by atoms with van der Waals surface area (Å²) >= 11 is 0. The van der Waals surface area contributed by atoms with Gasteiger partial charge < -0.3 is 0 Å². The Labute approximate surface area is 94.3 Å². The molecule has 1 aromatic rings. The normalized spacial score (nSPS) is 22.3. The van der Waals surface area contributed by atoms with Crippen LogP contribution in [-0.2, 0) is 0 Å². The van der Waals surface area contributed by atoms with Crippen molar-refractivity contribution in [2.24, 2.45) is 5.92 Å². The third-order valence-corrected chi connectivity index (χ3v) is 3.07.